The lowest BCUT2D eigenvalue weighted by molar-refractivity contribution is -0.128. The maximum absolute atomic E-state index is 12.0. The van der Waals surface area contributed by atoms with Gasteiger partial charge in [-0.25, -0.2) is 0 Å². The van der Waals surface area contributed by atoms with Crippen LogP contribution in [0.1, 0.15) is 5.56 Å². The molecule has 2 N–H and O–H groups in total. The van der Waals surface area contributed by atoms with Gasteiger partial charge in [-0.05, 0) is 23.8 Å². The van der Waals surface area contributed by atoms with Crippen LogP contribution in [0.4, 0.5) is 5.69 Å². The molecule has 22 heavy (non-hydrogen) atoms. The number of hydrogen-bond donors (Lipinski definition) is 2. The van der Waals surface area contributed by atoms with Crippen LogP contribution in [0.25, 0.3) is 0 Å². The molecule has 0 radical (unpaired) electrons. The summed E-state index contributed by atoms with van der Waals surface area (Å²) in [7, 11) is 0. The molecule has 1 aromatic heterocycles. The molecule has 1 saturated heterocycles. The first-order chi connectivity index (χ1) is 10.3. The Morgan fingerprint density at radius 2 is 2.23 bits per heavy atom. The second-order valence-electron chi connectivity index (χ2n) is 4.95. The van der Waals surface area contributed by atoms with Gasteiger partial charge in [0.05, 0.1) is 13.2 Å². The van der Waals surface area contributed by atoms with Gasteiger partial charge in [0.25, 0.3) is 5.91 Å². The lowest BCUT2D eigenvalue weighted by atomic mass is 10.2. The summed E-state index contributed by atoms with van der Waals surface area (Å²) in [5, 5.41) is 10.2. The first-order valence-corrected chi connectivity index (χ1v) is 7.01. The molecule has 1 aliphatic heterocycles. The van der Waals surface area contributed by atoms with Gasteiger partial charge in [-0.2, -0.15) is 5.10 Å². The molecular formula is C15H19ClN4O2. The highest BCUT2D eigenvalue weighted by Gasteiger charge is 2.21. The molecule has 0 spiro atoms. The smallest absolute Gasteiger partial charge is 0.254 e. The highest BCUT2D eigenvalue weighted by Crippen LogP contribution is 2.11. The lowest BCUT2D eigenvalue weighted by Crippen LogP contribution is -2.45. The molecule has 2 aromatic rings. The molecule has 1 aliphatic rings. The Morgan fingerprint density at radius 1 is 1.41 bits per heavy atom. The van der Waals surface area contributed by atoms with E-state index in [1.165, 1.54) is 0 Å². The summed E-state index contributed by atoms with van der Waals surface area (Å²) in [5.74, 6) is -0.109. The third-order valence-electron chi connectivity index (χ3n) is 3.35. The van der Waals surface area contributed by atoms with Gasteiger partial charge in [0.2, 0.25) is 0 Å². The molecule has 3 rings (SSSR count). The van der Waals surface area contributed by atoms with Crippen molar-refractivity contribution in [2.24, 2.45) is 0 Å². The first kappa shape index (κ1) is 16.5. The van der Waals surface area contributed by atoms with E-state index < -0.39 is 6.10 Å². The average molecular weight is 323 g/mol. The van der Waals surface area contributed by atoms with Crippen LogP contribution in [0.3, 0.4) is 0 Å². The molecular weight excluding hydrogens is 304 g/mol. The number of nitrogens with zero attached hydrogens (tertiary/aromatic N) is 2. The predicted octanol–water partition coefficient (Wildman–Crippen LogP) is 1.28. The van der Waals surface area contributed by atoms with E-state index in [0.717, 1.165) is 24.3 Å². The molecule has 7 heteroatoms. The fourth-order valence-corrected chi connectivity index (χ4v) is 2.23. The van der Waals surface area contributed by atoms with Crippen molar-refractivity contribution in [3.8, 4) is 0 Å². The molecule has 1 atom stereocenters. The third-order valence-corrected chi connectivity index (χ3v) is 3.35. The van der Waals surface area contributed by atoms with Gasteiger partial charge in [-0.15, -0.1) is 12.4 Å². The number of anilines is 1. The maximum Gasteiger partial charge on any atom is 0.254 e. The van der Waals surface area contributed by atoms with Crippen molar-refractivity contribution in [1.82, 2.24) is 15.1 Å². The zero-order valence-corrected chi connectivity index (χ0v) is 12.9. The summed E-state index contributed by atoms with van der Waals surface area (Å²) < 4.78 is 7.28. The van der Waals surface area contributed by atoms with E-state index in [4.69, 9.17) is 4.74 Å². The fraction of sp³-hybridized carbons (Fsp3) is 0.333. The molecule has 1 aromatic carbocycles. The Morgan fingerprint density at radius 3 is 2.86 bits per heavy atom. The van der Waals surface area contributed by atoms with Crippen LogP contribution in [0.15, 0.2) is 42.7 Å². The van der Waals surface area contributed by atoms with E-state index in [2.05, 4.69) is 15.7 Å². The van der Waals surface area contributed by atoms with Gasteiger partial charge in [0.15, 0.2) is 0 Å². The summed E-state index contributed by atoms with van der Waals surface area (Å²) >= 11 is 0. The van der Waals surface area contributed by atoms with E-state index in [1.807, 2.05) is 41.2 Å². The van der Waals surface area contributed by atoms with Crippen LogP contribution in [0.5, 0.6) is 0 Å². The average Bonchev–Trinajstić information content (AvgIpc) is 3.03. The number of rotatable bonds is 4. The van der Waals surface area contributed by atoms with Gasteiger partial charge in [-0.1, -0.05) is 12.1 Å². The van der Waals surface area contributed by atoms with Crippen LogP contribution < -0.4 is 10.6 Å². The summed E-state index contributed by atoms with van der Waals surface area (Å²) in [4.78, 5) is 12.0. The van der Waals surface area contributed by atoms with Crippen molar-refractivity contribution in [2.75, 3.05) is 25.0 Å². The van der Waals surface area contributed by atoms with Gasteiger partial charge < -0.3 is 15.4 Å². The zero-order valence-electron chi connectivity index (χ0n) is 12.1. The van der Waals surface area contributed by atoms with Crippen molar-refractivity contribution in [3.05, 3.63) is 48.3 Å². The second kappa shape index (κ2) is 7.93. The van der Waals surface area contributed by atoms with Crippen molar-refractivity contribution in [3.63, 3.8) is 0 Å². The Kier molecular flexibility index (Phi) is 5.94. The van der Waals surface area contributed by atoms with Crippen molar-refractivity contribution in [1.29, 1.82) is 0 Å². The summed E-state index contributed by atoms with van der Waals surface area (Å²) in [6, 6.07) is 9.65. The normalized spacial score (nSPS) is 17.5. The van der Waals surface area contributed by atoms with Gasteiger partial charge in [-0.3, -0.25) is 9.48 Å². The molecule has 6 nitrogen and oxygen atoms in total. The van der Waals surface area contributed by atoms with Crippen molar-refractivity contribution < 1.29 is 9.53 Å². The van der Waals surface area contributed by atoms with Gasteiger partial charge in [0, 0.05) is 31.2 Å². The number of halogens is 1. The van der Waals surface area contributed by atoms with Crippen LogP contribution in [-0.2, 0) is 16.1 Å². The number of hydrogen-bond acceptors (Lipinski definition) is 4. The zero-order chi connectivity index (χ0) is 14.5. The van der Waals surface area contributed by atoms with E-state index in [9.17, 15) is 4.79 Å². The number of nitrogens with one attached hydrogen (secondary N) is 2. The Balaban J connectivity index is 0.00000176. The van der Waals surface area contributed by atoms with E-state index in [0.29, 0.717) is 13.2 Å². The first-order valence-electron chi connectivity index (χ1n) is 7.01. The van der Waals surface area contributed by atoms with Crippen LogP contribution in [0, 0.1) is 0 Å². The number of aromatic nitrogens is 2. The highest BCUT2D eigenvalue weighted by atomic mass is 35.5. The third kappa shape index (κ3) is 4.30. The fourth-order valence-electron chi connectivity index (χ4n) is 2.23. The molecule has 1 unspecified atom stereocenters. The van der Waals surface area contributed by atoms with Crippen molar-refractivity contribution in [2.45, 2.75) is 12.6 Å². The van der Waals surface area contributed by atoms with Gasteiger partial charge >= 0.3 is 0 Å². The molecule has 1 amide bonds. The standard InChI is InChI=1S/C15H18N4O2.ClH/c20-15(14-10-16-7-9-21-14)18-13-4-2-12(3-5-13)11-19-8-1-6-17-19;/h1-6,8,14,16H,7,9-11H2,(H,18,20);1H. The number of ether oxygens (including phenoxy) is 1. The highest BCUT2D eigenvalue weighted by molar-refractivity contribution is 5.94. The number of benzene rings is 1. The molecule has 1 fully saturated rings. The monoisotopic (exact) mass is 322 g/mol. The van der Waals surface area contributed by atoms with E-state index >= 15 is 0 Å². The summed E-state index contributed by atoms with van der Waals surface area (Å²) in [5.41, 5.74) is 1.91. The molecule has 2 heterocycles. The Hall–Kier alpha value is -1.89. The maximum atomic E-state index is 12.0. The largest absolute Gasteiger partial charge is 0.366 e. The second-order valence-corrected chi connectivity index (χ2v) is 4.95. The van der Waals surface area contributed by atoms with Crippen LogP contribution >= 0.6 is 12.4 Å². The summed E-state index contributed by atoms with van der Waals surface area (Å²) in [6.07, 6.45) is 3.26. The quantitative estimate of drug-likeness (QED) is 0.890. The minimum absolute atomic E-state index is 0. The van der Waals surface area contributed by atoms with Gasteiger partial charge in [0.1, 0.15) is 6.10 Å². The SMILES string of the molecule is Cl.O=C(Nc1ccc(Cn2cccn2)cc1)C1CNCCO1. The molecule has 0 saturated carbocycles. The van der Waals surface area contributed by atoms with Crippen molar-refractivity contribution >= 4 is 24.0 Å². The minimum Gasteiger partial charge on any atom is -0.366 e. The number of amides is 1. The minimum atomic E-state index is -0.414. The number of carbonyl (C=O) groups is 1. The Bertz CT molecular complexity index is 580. The predicted molar refractivity (Wildman–Crippen MR) is 86.3 cm³/mol. The van der Waals surface area contributed by atoms with Crippen LogP contribution in [0.2, 0.25) is 0 Å². The topological polar surface area (TPSA) is 68.2 Å². The van der Waals surface area contributed by atoms with E-state index in [1.54, 1.807) is 6.20 Å². The molecule has 0 aliphatic carbocycles. The molecule has 118 valence electrons. The van der Waals surface area contributed by atoms with E-state index in [-0.39, 0.29) is 18.3 Å². The Labute approximate surface area is 135 Å². The molecule has 0 bridgehead atoms. The van der Waals surface area contributed by atoms with Crippen LogP contribution in [-0.4, -0.2) is 41.5 Å². The lowest BCUT2D eigenvalue weighted by Gasteiger charge is -2.22. The summed E-state index contributed by atoms with van der Waals surface area (Å²) in [6.45, 7) is 2.65. The number of carbonyl (C=O) groups excluding carboxylic acids is 1. The number of morpholine rings is 1.